The Bertz CT molecular complexity index is 605. The van der Waals surface area contributed by atoms with Crippen molar-refractivity contribution < 1.29 is 4.79 Å². The fourth-order valence-corrected chi connectivity index (χ4v) is 2.02. The zero-order valence-electron chi connectivity index (χ0n) is 10.4. The first kappa shape index (κ1) is 12.2. The summed E-state index contributed by atoms with van der Waals surface area (Å²) in [6, 6.07) is 13.6. The van der Waals surface area contributed by atoms with Gasteiger partial charge in [0.25, 0.3) is 5.91 Å². The first-order chi connectivity index (χ1) is 8.77. The lowest BCUT2D eigenvalue weighted by Crippen LogP contribution is -2.31. The van der Waals surface area contributed by atoms with Gasteiger partial charge in [0.2, 0.25) is 0 Å². The molecule has 0 N–H and O–H groups in total. The van der Waals surface area contributed by atoms with Crippen LogP contribution in [-0.4, -0.2) is 23.9 Å². The van der Waals surface area contributed by atoms with Gasteiger partial charge in [0, 0.05) is 12.1 Å². The number of carbonyl (C=O) groups excluding carboxylic acids is 1. The van der Waals surface area contributed by atoms with Gasteiger partial charge in [-0.15, -0.1) is 6.42 Å². The van der Waals surface area contributed by atoms with Crippen LogP contribution in [0, 0.1) is 12.3 Å². The molecule has 0 atom stereocenters. The lowest BCUT2D eigenvalue weighted by atomic mass is 10.0. The molecule has 0 aliphatic carbocycles. The van der Waals surface area contributed by atoms with E-state index < -0.39 is 0 Å². The third-order valence-electron chi connectivity index (χ3n) is 2.97. The predicted octanol–water partition coefficient (Wildman–Crippen LogP) is 2.94. The average molecular weight is 237 g/mol. The molecule has 0 heterocycles. The van der Waals surface area contributed by atoms with Gasteiger partial charge >= 0.3 is 0 Å². The Hall–Kier alpha value is -2.27. The van der Waals surface area contributed by atoms with E-state index in [2.05, 4.69) is 5.92 Å². The summed E-state index contributed by atoms with van der Waals surface area (Å²) in [7, 11) is 0. The number of hydrogen-bond donors (Lipinski definition) is 0. The van der Waals surface area contributed by atoms with Gasteiger partial charge < -0.3 is 4.90 Å². The minimum atomic E-state index is -0.00718. The van der Waals surface area contributed by atoms with Crippen LogP contribution in [-0.2, 0) is 0 Å². The number of hydrogen-bond acceptors (Lipinski definition) is 1. The van der Waals surface area contributed by atoms with Gasteiger partial charge in [-0.1, -0.05) is 42.3 Å². The molecule has 2 heteroatoms. The zero-order valence-corrected chi connectivity index (χ0v) is 10.4. The third kappa shape index (κ3) is 2.21. The lowest BCUT2D eigenvalue weighted by molar-refractivity contribution is 0.0787. The van der Waals surface area contributed by atoms with Crippen LogP contribution >= 0.6 is 0 Å². The number of nitrogens with zero attached hydrogens (tertiary/aromatic N) is 1. The van der Waals surface area contributed by atoms with E-state index in [-0.39, 0.29) is 5.91 Å². The fourth-order valence-electron chi connectivity index (χ4n) is 2.02. The topological polar surface area (TPSA) is 20.3 Å². The van der Waals surface area contributed by atoms with Crippen molar-refractivity contribution in [2.45, 2.75) is 6.92 Å². The molecule has 90 valence electrons. The molecule has 2 nitrogen and oxygen atoms in total. The lowest BCUT2D eigenvalue weighted by Gasteiger charge is -2.19. The highest BCUT2D eigenvalue weighted by Gasteiger charge is 2.15. The molecule has 0 fully saturated rings. The van der Waals surface area contributed by atoms with E-state index >= 15 is 0 Å². The van der Waals surface area contributed by atoms with Crippen molar-refractivity contribution in [3.05, 3.63) is 48.0 Å². The molecule has 0 aromatic heterocycles. The van der Waals surface area contributed by atoms with E-state index in [0.717, 1.165) is 10.8 Å². The first-order valence-electron chi connectivity index (χ1n) is 5.98. The second kappa shape index (κ2) is 5.37. The van der Waals surface area contributed by atoms with Gasteiger partial charge in [0.05, 0.1) is 6.54 Å². The SMILES string of the molecule is C#CCN(CC)C(=O)c1cccc2ccccc12. The molecule has 0 unspecified atom stereocenters. The Balaban J connectivity index is 2.48. The fraction of sp³-hybridized carbons (Fsp3) is 0.188. The van der Waals surface area contributed by atoms with Crippen LogP contribution < -0.4 is 0 Å². The molecule has 0 saturated carbocycles. The summed E-state index contributed by atoms with van der Waals surface area (Å²) in [6.45, 7) is 2.89. The predicted molar refractivity (Wildman–Crippen MR) is 74.4 cm³/mol. The van der Waals surface area contributed by atoms with E-state index in [9.17, 15) is 4.79 Å². The van der Waals surface area contributed by atoms with Gasteiger partial charge in [0.1, 0.15) is 0 Å². The van der Waals surface area contributed by atoms with Crippen molar-refractivity contribution in [1.82, 2.24) is 4.90 Å². The van der Waals surface area contributed by atoms with Crippen molar-refractivity contribution in [3.63, 3.8) is 0 Å². The molecule has 2 rings (SSSR count). The molecule has 0 radical (unpaired) electrons. The zero-order chi connectivity index (χ0) is 13.0. The highest BCUT2D eigenvalue weighted by Crippen LogP contribution is 2.19. The molecular formula is C16H15NO. The van der Waals surface area contributed by atoms with Gasteiger partial charge in [-0.25, -0.2) is 0 Å². The first-order valence-corrected chi connectivity index (χ1v) is 5.98. The molecule has 1 amide bonds. The molecule has 0 bridgehead atoms. The van der Waals surface area contributed by atoms with Gasteiger partial charge in [-0.3, -0.25) is 4.79 Å². The number of benzene rings is 2. The largest absolute Gasteiger partial charge is 0.328 e. The second-order valence-electron chi connectivity index (χ2n) is 4.05. The van der Waals surface area contributed by atoms with Crippen LogP contribution in [0.4, 0.5) is 0 Å². The summed E-state index contributed by atoms with van der Waals surface area (Å²) < 4.78 is 0. The smallest absolute Gasteiger partial charge is 0.255 e. The number of fused-ring (bicyclic) bond motifs is 1. The molecule has 2 aromatic rings. The van der Waals surface area contributed by atoms with Crippen LogP contribution in [0.2, 0.25) is 0 Å². The maximum atomic E-state index is 12.4. The summed E-state index contributed by atoms with van der Waals surface area (Å²) in [5.74, 6) is 2.52. The summed E-state index contributed by atoms with van der Waals surface area (Å²) in [5, 5.41) is 2.04. The minimum Gasteiger partial charge on any atom is -0.328 e. The number of amides is 1. The van der Waals surface area contributed by atoms with Crippen molar-refractivity contribution in [2.24, 2.45) is 0 Å². The standard InChI is InChI=1S/C16H15NO/c1-3-12-17(4-2)16(18)15-11-7-9-13-8-5-6-10-14(13)15/h1,5-11H,4,12H2,2H3. The van der Waals surface area contributed by atoms with Crippen molar-refractivity contribution in [3.8, 4) is 12.3 Å². The van der Waals surface area contributed by atoms with Crippen molar-refractivity contribution >= 4 is 16.7 Å². The van der Waals surface area contributed by atoms with Crippen molar-refractivity contribution in [1.29, 1.82) is 0 Å². The molecule has 0 aliphatic rings. The Kier molecular flexibility index (Phi) is 3.64. The average Bonchev–Trinajstić information content (AvgIpc) is 2.43. The monoisotopic (exact) mass is 237 g/mol. The third-order valence-corrected chi connectivity index (χ3v) is 2.97. The van der Waals surface area contributed by atoms with Crippen LogP contribution in [0.1, 0.15) is 17.3 Å². The maximum absolute atomic E-state index is 12.4. The molecule has 0 spiro atoms. The van der Waals surface area contributed by atoms with Crippen LogP contribution in [0.5, 0.6) is 0 Å². The van der Waals surface area contributed by atoms with E-state index in [1.54, 1.807) is 4.90 Å². The van der Waals surface area contributed by atoms with E-state index in [0.29, 0.717) is 18.7 Å². The summed E-state index contributed by atoms with van der Waals surface area (Å²) >= 11 is 0. The van der Waals surface area contributed by atoms with Crippen molar-refractivity contribution in [2.75, 3.05) is 13.1 Å². The number of terminal acetylenes is 1. The van der Waals surface area contributed by atoms with E-state index in [4.69, 9.17) is 6.42 Å². The van der Waals surface area contributed by atoms with Gasteiger partial charge in [-0.2, -0.15) is 0 Å². The maximum Gasteiger partial charge on any atom is 0.255 e. The van der Waals surface area contributed by atoms with E-state index in [1.807, 2.05) is 49.4 Å². The molecule has 18 heavy (non-hydrogen) atoms. The van der Waals surface area contributed by atoms with Gasteiger partial charge in [-0.05, 0) is 23.8 Å². The summed E-state index contributed by atoms with van der Waals surface area (Å²) in [6.07, 6.45) is 5.29. The highest BCUT2D eigenvalue weighted by molar-refractivity contribution is 6.07. The minimum absolute atomic E-state index is 0.00718. The summed E-state index contributed by atoms with van der Waals surface area (Å²) in [5.41, 5.74) is 0.713. The van der Waals surface area contributed by atoms with Crippen LogP contribution in [0.3, 0.4) is 0 Å². The Morgan fingerprint density at radius 1 is 1.22 bits per heavy atom. The highest BCUT2D eigenvalue weighted by atomic mass is 16.2. The van der Waals surface area contributed by atoms with Crippen LogP contribution in [0.25, 0.3) is 10.8 Å². The normalized spacial score (nSPS) is 10.0. The second-order valence-corrected chi connectivity index (χ2v) is 4.05. The number of rotatable bonds is 3. The van der Waals surface area contributed by atoms with Crippen LogP contribution in [0.15, 0.2) is 42.5 Å². The quantitative estimate of drug-likeness (QED) is 0.752. The Labute approximate surface area is 107 Å². The molecule has 0 saturated heterocycles. The molecule has 0 aliphatic heterocycles. The molecular weight excluding hydrogens is 222 g/mol. The summed E-state index contributed by atoms with van der Waals surface area (Å²) in [4.78, 5) is 14.1. The Morgan fingerprint density at radius 2 is 1.94 bits per heavy atom. The Morgan fingerprint density at radius 3 is 2.67 bits per heavy atom. The number of carbonyl (C=O) groups is 1. The molecule has 2 aromatic carbocycles. The van der Waals surface area contributed by atoms with E-state index in [1.165, 1.54) is 0 Å². The van der Waals surface area contributed by atoms with Gasteiger partial charge in [0.15, 0.2) is 0 Å².